The van der Waals surface area contributed by atoms with E-state index in [1.165, 1.54) is 12.8 Å². The number of aryl methyl sites for hydroxylation is 1. The zero-order chi connectivity index (χ0) is 14.7. The minimum atomic E-state index is 0.172. The molecule has 0 aliphatic heterocycles. The Kier molecular flexibility index (Phi) is 3.85. The topological polar surface area (TPSA) is 38.2 Å². The first-order chi connectivity index (χ1) is 10.3. The van der Waals surface area contributed by atoms with Crippen molar-refractivity contribution in [2.45, 2.75) is 25.7 Å². The second kappa shape index (κ2) is 5.94. The Morgan fingerprint density at radius 3 is 2.71 bits per heavy atom. The molecule has 1 fully saturated rings. The van der Waals surface area contributed by atoms with Crippen molar-refractivity contribution in [3.8, 4) is 12.3 Å². The van der Waals surface area contributed by atoms with Crippen LogP contribution in [-0.4, -0.2) is 16.6 Å². The van der Waals surface area contributed by atoms with Gasteiger partial charge in [-0.1, -0.05) is 24.1 Å². The highest BCUT2D eigenvalue weighted by Gasteiger charge is 2.27. The van der Waals surface area contributed by atoms with Crippen LogP contribution in [0.1, 0.15) is 30.1 Å². The van der Waals surface area contributed by atoms with Gasteiger partial charge in [-0.2, -0.15) is 5.06 Å². The third-order valence-corrected chi connectivity index (χ3v) is 3.31. The summed E-state index contributed by atoms with van der Waals surface area (Å²) in [4.78, 5) is 14.8. The first kappa shape index (κ1) is 13.6. The highest BCUT2D eigenvalue weighted by Crippen LogP contribution is 2.39. The average Bonchev–Trinajstić information content (AvgIpc) is 3.33. The molecule has 1 aromatic heterocycles. The number of terminal acetylenes is 1. The number of rotatable bonds is 5. The molecule has 0 amide bonds. The van der Waals surface area contributed by atoms with Crippen molar-refractivity contribution in [3.63, 3.8) is 0 Å². The van der Waals surface area contributed by atoms with Crippen LogP contribution in [0.5, 0.6) is 0 Å². The summed E-state index contributed by atoms with van der Waals surface area (Å²) < 4.78 is 0. The summed E-state index contributed by atoms with van der Waals surface area (Å²) in [5.41, 5.74) is 2.88. The Morgan fingerprint density at radius 1 is 1.29 bits per heavy atom. The largest absolute Gasteiger partial charge is 0.255 e. The third kappa shape index (κ3) is 3.21. The number of aromatic nitrogens is 2. The van der Waals surface area contributed by atoms with E-state index in [4.69, 9.17) is 11.3 Å². The Labute approximate surface area is 124 Å². The molecule has 0 atom stereocenters. The molecule has 1 aliphatic carbocycles. The smallest absolute Gasteiger partial charge is 0.253 e. The Balaban J connectivity index is 1.97. The summed E-state index contributed by atoms with van der Waals surface area (Å²) in [6.45, 7) is 2.15. The Morgan fingerprint density at radius 2 is 2.05 bits per heavy atom. The van der Waals surface area contributed by atoms with Gasteiger partial charge in [0.25, 0.3) is 5.95 Å². The summed E-state index contributed by atoms with van der Waals surface area (Å²) in [6.07, 6.45) is 7.71. The average molecular weight is 279 g/mol. The van der Waals surface area contributed by atoms with Crippen molar-refractivity contribution in [3.05, 3.63) is 47.8 Å². The van der Waals surface area contributed by atoms with Gasteiger partial charge in [0.1, 0.15) is 6.61 Å². The van der Waals surface area contributed by atoms with Crippen LogP contribution in [0.2, 0.25) is 0 Å². The number of anilines is 2. The molecule has 1 aromatic carbocycles. The molecule has 0 saturated heterocycles. The normalized spacial score (nSPS) is 13.7. The number of benzene rings is 1. The Hall–Kier alpha value is -2.38. The molecule has 4 nitrogen and oxygen atoms in total. The van der Waals surface area contributed by atoms with Crippen LogP contribution < -0.4 is 5.06 Å². The predicted molar refractivity (Wildman–Crippen MR) is 82.1 cm³/mol. The molecule has 1 saturated carbocycles. The highest BCUT2D eigenvalue weighted by atomic mass is 16.7. The SMILES string of the molecule is C#CCON(c1ccccc1)c1nc(C)cc(C2CC2)n1. The number of para-hydroxylation sites is 1. The van der Waals surface area contributed by atoms with Crippen LogP contribution in [0.3, 0.4) is 0 Å². The van der Waals surface area contributed by atoms with Crippen molar-refractivity contribution in [2.24, 2.45) is 0 Å². The van der Waals surface area contributed by atoms with Crippen LogP contribution in [0.15, 0.2) is 36.4 Å². The van der Waals surface area contributed by atoms with Gasteiger partial charge in [0, 0.05) is 17.3 Å². The molecule has 0 radical (unpaired) electrons. The summed E-state index contributed by atoms with van der Waals surface area (Å²) in [6, 6.07) is 11.8. The van der Waals surface area contributed by atoms with Crippen molar-refractivity contribution in [1.29, 1.82) is 0 Å². The van der Waals surface area contributed by atoms with Gasteiger partial charge in [0.05, 0.1) is 5.69 Å². The lowest BCUT2D eigenvalue weighted by molar-refractivity contribution is 0.165. The van der Waals surface area contributed by atoms with Crippen molar-refractivity contribution < 1.29 is 4.84 Å². The van der Waals surface area contributed by atoms with E-state index in [9.17, 15) is 0 Å². The van der Waals surface area contributed by atoms with Crippen LogP contribution in [0.4, 0.5) is 11.6 Å². The van der Waals surface area contributed by atoms with Gasteiger partial charge in [-0.15, -0.1) is 6.42 Å². The van der Waals surface area contributed by atoms with Gasteiger partial charge >= 0.3 is 0 Å². The maximum absolute atomic E-state index is 5.65. The molecule has 21 heavy (non-hydrogen) atoms. The first-order valence-corrected chi connectivity index (χ1v) is 7.05. The number of hydrogen-bond acceptors (Lipinski definition) is 4. The molecule has 106 valence electrons. The zero-order valence-electron chi connectivity index (χ0n) is 12.0. The molecular formula is C17H17N3O. The lowest BCUT2D eigenvalue weighted by Crippen LogP contribution is -2.21. The van der Waals surface area contributed by atoms with E-state index in [2.05, 4.69) is 15.9 Å². The second-order valence-corrected chi connectivity index (χ2v) is 5.12. The molecule has 4 heteroatoms. The summed E-state index contributed by atoms with van der Waals surface area (Å²) in [5.74, 6) is 3.59. The maximum Gasteiger partial charge on any atom is 0.255 e. The standard InChI is InChI=1S/C17H17N3O/c1-3-11-21-20(15-7-5-4-6-8-15)17-18-13(2)12-16(19-17)14-9-10-14/h1,4-8,12,14H,9-11H2,2H3. The van der Waals surface area contributed by atoms with Gasteiger partial charge in [0.2, 0.25) is 0 Å². The van der Waals surface area contributed by atoms with Crippen molar-refractivity contribution >= 4 is 11.6 Å². The summed E-state index contributed by atoms with van der Waals surface area (Å²) >= 11 is 0. The van der Waals surface area contributed by atoms with Crippen LogP contribution in [0, 0.1) is 19.3 Å². The number of nitrogens with zero attached hydrogens (tertiary/aromatic N) is 3. The molecule has 0 N–H and O–H groups in total. The van der Waals surface area contributed by atoms with Gasteiger partial charge < -0.3 is 0 Å². The molecule has 1 aliphatic rings. The van der Waals surface area contributed by atoms with E-state index in [0.29, 0.717) is 11.9 Å². The highest BCUT2D eigenvalue weighted by molar-refractivity contribution is 5.54. The van der Waals surface area contributed by atoms with Crippen LogP contribution in [-0.2, 0) is 4.84 Å². The number of hydrogen-bond donors (Lipinski definition) is 0. The van der Waals surface area contributed by atoms with Gasteiger partial charge in [-0.25, -0.2) is 9.97 Å². The zero-order valence-corrected chi connectivity index (χ0v) is 12.0. The van der Waals surface area contributed by atoms with E-state index in [-0.39, 0.29) is 6.61 Å². The fourth-order valence-electron chi connectivity index (χ4n) is 2.17. The second-order valence-electron chi connectivity index (χ2n) is 5.12. The quantitative estimate of drug-likeness (QED) is 0.621. The lowest BCUT2D eigenvalue weighted by Gasteiger charge is -2.21. The minimum Gasteiger partial charge on any atom is -0.253 e. The molecular weight excluding hydrogens is 262 g/mol. The van der Waals surface area contributed by atoms with Gasteiger partial charge in [0.15, 0.2) is 0 Å². The third-order valence-electron chi connectivity index (χ3n) is 3.31. The molecule has 1 heterocycles. The van der Waals surface area contributed by atoms with Crippen molar-refractivity contribution in [1.82, 2.24) is 9.97 Å². The van der Waals surface area contributed by atoms with Gasteiger partial charge in [-0.3, -0.25) is 4.84 Å². The molecule has 0 bridgehead atoms. The molecule has 0 spiro atoms. The molecule has 2 aromatic rings. The summed E-state index contributed by atoms with van der Waals surface area (Å²) in [7, 11) is 0. The fraction of sp³-hybridized carbons (Fsp3) is 0.294. The maximum atomic E-state index is 5.65. The lowest BCUT2D eigenvalue weighted by atomic mass is 10.2. The van der Waals surface area contributed by atoms with E-state index in [0.717, 1.165) is 17.1 Å². The van der Waals surface area contributed by atoms with E-state index in [1.54, 1.807) is 5.06 Å². The van der Waals surface area contributed by atoms with Crippen LogP contribution in [0.25, 0.3) is 0 Å². The van der Waals surface area contributed by atoms with E-state index < -0.39 is 0 Å². The van der Waals surface area contributed by atoms with Crippen LogP contribution >= 0.6 is 0 Å². The van der Waals surface area contributed by atoms with Gasteiger partial charge in [-0.05, 0) is 38.0 Å². The van der Waals surface area contributed by atoms with E-state index in [1.807, 2.05) is 43.3 Å². The monoisotopic (exact) mass is 279 g/mol. The van der Waals surface area contributed by atoms with E-state index >= 15 is 0 Å². The van der Waals surface area contributed by atoms with Crippen molar-refractivity contribution in [2.75, 3.05) is 11.7 Å². The Bertz CT molecular complexity index is 659. The first-order valence-electron chi connectivity index (χ1n) is 7.05. The molecule has 0 unspecified atom stereocenters. The predicted octanol–water partition coefficient (Wildman–Crippen LogP) is 3.37. The minimum absolute atomic E-state index is 0.172. The summed E-state index contributed by atoms with van der Waals surface area (Å²) in [5, 5.41) is 1.61. The fourth-order valence-corrected chi connectivity index (χ4v) is 2.17. The molecule has 3 rings (SSSR count).